The van der Waals surface area contributed by atoms with Crippen molar-refractivity contribution in [3.8, 4) is 0 Å². The van der Waals surface area contributed by atoms with Crippen molar-refractivity contribution in [1.29, 1.82) is 0 Å². The van der Waals surface area contributed by atoms with Crippen molar-refractivity contribution in [1.82, 2.24) is 0 Å². The van der Waals surface area contributed by atoms with Crippen LogP contribution >= 0.6 is 0 Å². The largest absolute Gasteiger partial charge is 0.457 e. The monoisotopic (exact) mass is 246 g/mol. The van der Waals surface area contributed by atoms with Gasteiger partial charge in [0.1, 0.15) is 0 Å². The van der Waals surface area contributed by atoms with Gasteiger partial charge in [-0.15, -0.1) is 0 Å². The van der Waals surface area contributed by atoms with Crippen LogP contribution in [-0.2, 0) is 15.7 Å². The molecule has 0 saturated carbocycles. The Bertz CT molecular complexity index is 371. The van der Waals surface area contributed by atoms with E-state index in [4.69, 9.17) is 9.31 Å². The fraction of sp³-hybridized carbons (Fsp3) is 0.600. The Labute approximate surface area is 111 Å². The summed E-state index contributed by atoms with van der Waals surface area (Å²) in [5.74, 6) is 0. The van der Waals surface area contributed by atoms with Crippen LogP contribution in [0.15, 0.2) is 30.3 Å². The van der Waals surface area contributed by atoms with Gasteiger partial charge < -0.3 is 9.31 Å². The molecule has 1 saturated heterocycles. The van der Waals surface area contributed by atoms with Crippen molar-refractivity contribution in [2.45, 2.75) is 58.1 Å². The first-order chi connectivity index (χ1) is 8.41. The first kappa shape index (κ1) is 13.6. The smallest absolute Gasteiger partial charge is 0.403 e. The average Bonchev–Trinajstić information content (AvgIpc) is 2.49. The highest BCUT2D eigenvalue weighted by Crippen LogP contribution is 2.38. The molecule has 18 heavy (non-hydrogen) atoms. The zero-order chi connectivity index (χ0) is 13.2. The van der Waals surface area contributed by atoms with Crippen molar-refractivity contribution in [3.05, 3.63) is 35.9 Å². The van der Waals surface area contributed by atoms with Gasteiger partial charge in [-0.1, -0.05) is 36.8 Å². The maximum absolute atomic E-state index is 5.98. The molecular weight excluding hydrogens is 223 g/mol. The van der Waals surface area contributed by atoms with Gasteiger partial charge in [-0.25, -0.2) is 0 Å². The summed E-state index contributed by atoms with van der Waals surface area (Å²) < 4.78 is 12.0. The van der Waals surface area contributed by atoms with Crippen LogP contribution in [-0.4, -0.2) is 18.3 Å². The van der Waals surface area contributed by atoms with Gasteiger partial charge in [-0.3, -0.25) is 0 Å². The second kappa shape index (κ2) is 5.06. The topological polar surface area (TPSA) is 18.5 Å². The molecule has 0 aromatic heterocycles. The predicted octanol–water partition coefficient (Wildman–Crippen LogP) is 3.71. The van der Waals surface area contributed by atoms with E-state index in [2.05, 4.69) is 58.0 Å². The number of aryl methyl sites for hydroxylation is 1. The summed E-state index contributed by atoms with van der Waals surface area (Å²) in [4.78, 5) is 0. The van der Waals surface area contributed by atoms with Gasteiger partial charge in [0.2, 0.25) is 0 Å². The van der Waals surface area contributed by atoms with Crippen molar-refractivity contribution < 1.29 is 9.31 Å². The molecule has 3 heteroatoms. The minimum atomic E-state index is -0.204. The fourth-order valence-electron chi connectivity index (χ4n) is 2.20. The van der Waals surface area contributed by atoms with Gasteiger partial charge in [0.05, 0.1) is 11.2 Å². The molecular formula is C15H23BO2. The Balaban J connectivity index is 1.79. The molecule has 1 heterocycles. The van der Waals surface area contributed by atoms with Crippen molar-refractivity contribution in [3.63, 3.8) is 0 Å². The minimum Gasteiger partial charge on any atom is -0.403 e. The summed E-state index contributed by atoms with van der Waals surface area (Å²) >= 11 is 0. The van der Waals surface area contributed by atoms with Gasteiger partial charge in [-0.05, 0) is 46.0 Å². The summed E-state index contributed by atoms with van der Waals surface area (Å²) in [5, 5.41) is 0. The first-order valence-electron chi connectivity index (χ1n) is 6.80. The summed E-state index contributed by atoms with van der Waals surface area (Å²) in [6, 6.07) is 10.6. The molecule has 1 aromatic carbocycles. The molecule has 1 aliphatic heterocycles. The average molecular weight is 246 g/mol. The molecule has 0 bridgehead atoms. The van der Waals surface area contributed by atoms with Crippen LogP contribution in [0.3, 0.4) is 0 Å². The Kier molecular flexibility index (Phi) is 3.83. The molecule has 0 radical (unpaired) electrons. The lowest BCUT2D eigenvalue weighted by molar-refractivity contribution is 0.00578. The van der Waals surface area contributed by atoms with Crippen LogP contribution in [0.2, 0.25) is 6.32 Å². The highest BCUT2D eigenvalue weighted by atomic mass is 16.7. The molecule has 0 unspecified atom stereocenters. The minimum absolute atomic E-state index is 0.0567. The second-order valence-electron chi connectivity index (χ2n) is 6.06. The van der Waals surface area contributed by atoms with Crippen LogP contribution in [0.1, 0.15) is 39.7 Å². The standard InChI is InChI=1S/C15H23BO2/c1-14(2)15(3,4)18-16(17-14)12-8-11-13-9-6-5-7-10-13/h5-7,9-10H,8,11-12H2,1-4H3. The first-order valence-corrected chi connectivity index (χ1v) is 6.80. The van der Waals surface area contributed by atoms with Crippen LogP contribution in [0.4, 0.5) is 0 Å². The van der Waals surface area contributed by atoms with Gasteiger partial charge in [0, 0.05) is 0 Å². The Morgan fingerprint density at radius 1 is 0.944 bits per heavy atom. The van der Waals surface area contributed by atoms with E-state index < -0.39 is 0 Å². The highest BCUT2D eigenvalue weighted by Gasteiger charge is 2.50. The number of rotatable bonds is 4. The molecule has 2 rings (SSSR count). The van der Waals surface area contributed by atoms with Crippen LogP contribution in [0.5, 0.6) is 0 Å². The Hall–Kier alpha value is -0.795. The third-order valence-corrected chi connectivity index (χ3v) is 4.05. The van der Waals surface area contributed by atoms with Crippen LogP contribution < -0.4 is 0 Å². The van der Waals surface area contributed by atoms with E-state index in [-0.39, 0.29) is 18.3 Å². The molecule has 98 valence electrons. The molecule has 0 atom stereocenters. The van der Waals surface area contributed by atoms with Crippen LogP contribution in [0, 0.1) is 0 Å². The lowest BCUT2D eigenvalue weighted by Crippen LogP contribution is -2.41. The van der Waals surface area contributed by atoms with E-state index in [1.54, 1.807) is 0 Å². The zero-order valence-electron chi connectivity index (χ0n) is 11.9. The fourth-order valence-corrected chi connectivity index (χ4v) is 2.20. The van der Waals surface area contributed by atoms with Crippen LogP contribution in [0.25, 0.3) is 0 Å². The molecule has 0 spiro atoms. The molecule has 0 amide bonds. The molecule has 0 aliphatic carbocycles. The number of hydrogen-bond acceptors (Lipinski definition) is 2. The Morgan fingerprint density at radius 2 is 1.50 bits per heavy atom. The highest BCUT2D eigenvalue weighted by molar-refractivity contribution is 6.45. The summed E-state index contributed by atoms with van der Waals surface area (Å²) in [6.07, 6.45) is 3.15. The van der Waals surface area contributed by atoms with E-state index in [0.717, 1.165) is 19.2 Å². The van der Waals surface area contributed by atoms with E-state index in [1.807, 2.05) is 0 Å². The maximum atomic E-state index is 5.98. The van der Waals surface area contributed by atoms with Gasteiger partial charge >= 0.3 is 7.12 Å². The number of hydrogen-bond donors (Lipinski definition) is 0. The summed E-state index contributed by atoms with van der Waals surface area (Å²) in [7, 11) is -0.0567. The molecule has 1 aromatic rings. The van der Waals surface area contributed by atoms with Gasteiger partial charge in [0.25, 0.3) is 0 Å². The maximum Gasteiger partial charge on any atom is 0.457 e. The third kappa shape index (κ3) is 2.96. The van der Waals surface area contributed by atoms with Gasteiger partial charge in [0.15, 0.2) is 0 Å². The van der Waals surface area contributed by atoms with E-state index in [1.165, 1.54) is 5.56 Å². The van der Waals surface area contributed by atoms with Gasteiger partial charge in [-0.2, -0.15) is 0 Å². The quantitative estimate of drug-likeness (QED) is 0.754. The number of benzene rings is 1. The normalized spacial score (nSPS) is 21.2. The van der Waals surface area contributed by atoms with E-state index >= 15 is 0 Å². The SMILES string of the molecule is CC1(C)OB(CCCc2ccccc2)OC1(C)C. The lowest BCUT2D eigenvalue weighted by atomic mass is 9.82. The second-order valence-corrected chi connectivity index (χ2v) is 6.06. The third-order valence-electron chi connectivity index (χ3n) is 4.05. The Morgan fingerprint density at radius 3 is 2.06 bits per heavy atom. The molecule has 1 aliphatic rings. The van der Waals surface area contributed by atoms with E-state index in [0.29, 0.717) is 0 Å². The van der Waals surface area contributed by atoms with E-state index in [9.17, 15) is 0 Å². The van der Waals surface area contributed by atoms with Crippen molar-refractivity contribution >= 4 is 7.12 Å². The lowest BCUT2D eigenvalue weighted by Gasteiger charge is -2.32. The predicted molar refractivity (Wildman–Crippen MR) is 75.7 cm³/mol. The molecule has 2 nitrogen and oxygen atoms in total. The van der Waals surface area contributed by atoms with Crippen molar-refractivity contribution in [2.24, 2.45) is 0 Å². The summed E-state index contributed by atoms with van der Waals surface area (Å²) in [5.41, 5.74) is 0.975. The zero-order valence-corrected chi connectivity index (χ0v) is 11.9. The summed E-state index contributed by atoms with van der Waals surface area (Å²) in [6.45, 7) is 8.41. The molecule has 1 fully saturated rings. The molecule has 0 N–H and O–H groups in total. The van der Waals surface area contributed by atoms with Crippen molar-refractivity contribution in [2.75, 3.05) is 0 Å².